The first kappa shape index (κ1) is 29.4. The molecule has 0 aliphatic rings. The van der Waals surface area contributed by atoms with Crippen molar-refractivity contribution in [2.24, 2.45) is 0 Å². The predicted molar refractivity (Wildman–Crippen MR) is 115 cm³/mol. The van der Waals surface area contributed by atoms with Gasteiger partial charge in [0, 0.05) is 10.9 Å². The van der Waals surface area contributed by atoms with Crippen molar-refractivity contribution >= 4 is 21.9 Å². The average Bonchev–Trinajstić information content (AvgIpc) is 2.74. The maximum atomic E-state index is 11.1. The molecular formula is C20H37BrO9. The van der Waals surface area contributed by atoms with Crippen LogP contribution in [0.2, 0.25) is 0 Å². The van der Waals surface area contributed by atoms with Crippen molar-refractivity contribution in [3.63, 3.8) is 0 Å². The van der Waals surface area contributed by atoms with Gasteiger partial charge in [-0.25, -0.2) is 4.79 Å². The minimum atomic E-state index is -0.406. The van der Waals surface area contributed by atoms with Crippen LogP contribution in [-0.2, 0) is 42.7 Å². The van der Waals surface area contributed by atoms with Crippen molar-refractivity contribution < 1.29 is 42.7 Å². The van der Waals surface area contributed by atoms with Crippen molar-refractivity contribution in [1.29, 1.82) is 0 Å². The molecule has 178 valence electrons. The van der Waals surface area contributed by atoms with Gasteiger partial charge in [-0.1, -0.05) is 22.5 Å². The maximum absolute atomic E-state index is 11.1. The highest BCUT2D eigenvalue weighted by molar-refractivity contribution is 9.09. The molecule has 0 aliphatic heterocycles. The third-order valence-electron chi connectivity index (χ3n) is 3.26. The van der Waals surface area contributed by atoms with Gasteiger partial charge in [0.15, 0.2) is 0 Å². The van der Waals surface area contributed by atoms with Crippen LogP contribution in [0.3, 0.4) is 0 Å². The van der Waals surface area contributed by atoms with Crippen LogP contribution >= 0.6 is 15.9 Å². The molecule has 0 N–H and O–H groups in total. The van der Waals surface area contributed by atoms with Crippen molar-refractivity contribution in [3.8, 4) is 0 Å². The molecule has 0 bridgehead atoms. The van der Waals surface area contributed by atoms with Crippen molar-refractivity contribution in [2.75, 3.05) is 104 Å². The summed E-state index contributed by atoms with van der Waals surface area (Å²) >= 11 is 3.29. The summed E-state index contributed by atoms with van der Waals surface area (Å²) in [4.78, 5) is 11.1. The third-order valence-corrected chi connectivity index (χ3v) is 3.59. The fourth-order valence-electron chi connectivity index (χ4n) is 1.79. The Balaban J connectivity index is 3.05. The molecule has 10 heteroatoms. The van der Waals surface area contributed by atoms with E-state index in [-0.39, 0.29) is 6.61 Å². The van der Waals surface area contributed by atoms with E-state index in [1.165, 1.54) is 0 Å². The van der Waals surface area contributed by atoms with Gasteiger partial charge in [0.25, 0.3) is 0 Å². The lowest BCUT2D eigenvalue weighted by Crippen LogP contribution is -2.15. The Morgan fingerprint density at radius 1 is 0.567 bits per heavy atom. The number of ether oxygens (including phenoxy) is 8. The lowest BCUT2D eigenvalue weighted by atomic mass is 10.4. The summed E-state index contributed by atoms with van der Waals surface area (Å²) in [5, 5.41) is 0.837. The maximum Gasteiger partial charge on any atom is 0.333 e. The highest BCUT2D eigenvalue weighted by Gasteiger charge is 2.01. The van der Waals surface area contributed by atoms with Gasteiger partial charge >= 0.3 is 5.97 Å². The molecule has 0 unspecified atom stereocenters. The molecular weight excluding hydrogens is 464 g/mol. The molecule has 30 heavy (non-hydrogen) atoms. The number of carbonyl (C=O) groups is 1. The van der Waals surface area contributed by atoms with E-state index in [2.05, 4.69) is 22.5 Å². The molecule has 0 rings (SSSR count). The second kappa shape index (κ2) is 24.7. The summed E-state index contributed by atoms with van der Waals surface area (Å²) in [7, 11) is 0. The van der Waals surface area contributed by atoms with E-state index >= 15 is 0 Å². The first-order valence-corrected chi connectivity index (χ1v) is 11.2. The molecule has 0 aliphatic carbocycles. The molecule has 0 radical (unpaired) electrons. The van der Waals surface area contributed by atoms with E-state index < -0.39 is 5.97 Å². The fourth-order valence-corrected chi connectivity index (χ4v) is 2.02. The first-order valence-electron chi connectivity index (χ1n) is 10.1. The van der Waals surface area contributed by atoms with Gasteiger partial charge in [0.05, 0.1) is 92.5 Å². The van der Waals surface area contributed by atoms with Gasteiger partial charge in [-0.15, -0.1) is 0 Å². The molecule has 0 saturated heterocycles. The highest BCUT2D eigenvalue weighted by Crippen LogP contribution is 1.91. The number of esters is 1. The Bertz CT molecular complexity index is 396. The lowest BCUT2D eigenvalue weighted by Gasteiger charge is -2.08. The van der Waals surface area contributed by atoms with Gasteiger partial charge < -0.3 is 37.9 Å². The van der Waals surface area contributed by atoms with E-state index in [0.717, 1.165) is 5.33 Å². The standard InChI is InChI=1S/C20H37BrO9/c1-19(2)20(22)30-18-17-29-16-15-28-14-13-27-12-11-26-10-9-25-8-7-24-6-5-23-4-3-21/h1,3-18H2,2H3. The van der Waals surface area contributed by atoms with Crippen molar-refractivity contribution in [1.82, 2.24) is 0 Å². The Kier molecular flexibility index (Phi) is 24.2. The summed E-state index contributed by atoms with van der Waals surface area (Å²) in [6.07, 6.45) is 0. The summed E-state index contributed by atoms with van der Waals surface area (Å²) in [5.74, 6) is -0.406. The van der Waals surface area contributed by atoms with Crippen LogP contribution in [-0.4, -0.2) is 110 Å². The Morgan fingerprint density at radius 3 is 1.10 bits per heavy atom. The molecule has 0 saturated carbocycles. The smallest absolute Gasteiger partial charge is 0.333 e. The van der Waals surface area contributed by atoms with Crippen LogP contribution in [0.5, 0.6) is 0 Å². The Morgan fingerprint density at radius 2 is 0.833 bits per heavy atom. The molecule has 0 heterocycles. The van der Waals surface area contributed by atoms with Crippen LogP contribution in [0.4, 0.5) is 0 Å². The molecule has 0 spiro atoms. The second-order valence-electron chi connectivity index (χ2n) is 5.89. The molecule has 0 amide bonds. The monoisotopic (exact) mass is 500 g/mol. The number of halogens is 1. The van der Waals surface area contributed by atoms with Gasteiger partial charge in [0.1, 0.15) is 6.61 Å². The fraction of sp³-hybridized carbons (Fsp3) is 0.850. The molecule has 0 atom stereocenters. The highest BCUT2D eigenvalue weighted by atomic mass is 79.9. The first-order chi connectivity index (χ1) is 14.7. The van der Waals surface area contributed by atoms with Gasteiger partial charge in [-0.2, -0.15) is 0 Å². The Labute approximate surface area is 188 Å². The summed E-state index contributed by atoms with van der Waals surface area (Å²) < 4.78 is 42.3. The van der Waals surface area contributed by atoms with Crippen LogP contribution in [0.25, 0.3) is 0 Å². The SMILES string of the molecule is C=C(C)C(=O)OCCOCCOCCOCCOCCOCCOCCOCCBr. The minimum absolute atomic E-state index is 0.209. The largest absolute Gasteiger partial charge is 0.460 e. The molecule has 0 aromatic heterocycles. The van der Waals surface area contributed by atoms with E-state index in [0.29, 0.717) is 98.1 Å². The second-order valence-corrected chi connectivity index (χ2v) is 6.68. The zero-order chi connectivity index (χ0) is 22.1. The third kappa shape index (κ3) is 23.7. The summed E-state index contributed by atoms with van der Waals surface area (Å²) in [6, 6.07) is 0. The van der Waals surface area contributed by atoms with Gasteiger partial charge in [0.2, 0.25) is 0 Å². The number of carbonyl (C=O) groups excluding carboxylic acids is 1. The Hall–Kier alpha value is -0.590. The zero-order valence-electron chi connectivity index (χ0n) is 18.1. The normalized spacial score (nSPS) is 11.0. The van der Waals surface area contributed by atoms with E-state index in [9.17, 15) is 4.79 Å². The van der Waals surface area contributed by atoms with Gasteiger partial charge in [-0.3, -0.25) is 0 Å². The van der Waals surface area contributed by atoms with Crippen LogP contribution in [0.1, 0.15) is 6.92 Å². The zero-order valence-corrected chi connectivity index (χ0v) is 19.7. The summed E-state index contributed by atoms with van der Waals surface area (Å²) in [5.41, 5.74) is 0.376. The molecule has 0 aromatic rings. The average molecular weight is 501 g/mol. The number of hydrogen-bond acceptors (Lipinski definition) is 9. The molecule has 0 aromatic carbocycles. The van der Waals surface area contributed by atoms with Gasteiger partial charge in [-0.05, 0) is 6.92 Å². The molecule has 0 fully saturated rings. The van der Waals surface area contributed by atoms with Crippen LogP contribution < -0.4 is 0 Å². The number of rotatable bonds is 24. The number of hydrogen-bond donors (Lipinski definition) is 0. The topological polar surface area (TPSA) is 90.9 Å². The lowest BCUT2D eigenvalue weighted by molar-refractivity contribution is -0.140. The number of alkyl halides is 1. The van der Waals surface area contributed by atoms with E-state index in [4.69, 9.17) is 37.9 Å². The van der Waals surface area contributed by atoms with Crippen LogP contribution in [0.15, 0.2) is 12.2 Å². The minimum Gasteiger partial charge on any atom is -0.460 e. The predicted octanol–water partition coefficient (Wildman–Crippen LogP) is 1.62. The van der Waals surface area contributed by atoms with E-state index in [1.807, 2.05) is 0 Å². The van der Waals surface area contributed by atoms with E-state index in [1.54, 1.807) is 6.92 Å². The molecule has 9 nitrogen and oxygen atoms in total. The quantitative estimate of drug-likeness (QED) is 0.0847. The summed E-state index contributed by atoms with van der Waals surface area (Å²) in [6.45, 7) is 12.5. The van der Waals surface area contributed by atoms with Crippen molar-refractivity contribution in [2.45, 2.75) is 6.92 Å². The van der Waals surface area contributed by atoms with Crippen LogP contribution in [0, 0.1) is 0 Å². The van der Waals surface area contributed by atoms with Crippen molar-refractivity contribution in [3.05, 3.63) is 12.2 Å².